The van der Waals surface area contributed by atoms with Crippen molar-refractivity contribution in [2.75, 3.05) is 11.9 Å². The number of benzene rings is 3. The highest BCUT2D eigenvalue weighted by molar-refractivity contribution is 5.91. The van der Waals surface area contributed by atoms with Gasteiger partial charge in [0.2, 0.25) is 0 Å². The summed E-state index contributed by atoms with van der Waals surface area (Å²) in [5.74, 6) is 0.409. The van der Waals surface area contributed by atoms with E-state index >= 15 is 0 Å². The molecule has 1 aromatic heterocycles. The van der Waals surface area contributed by atoms with Crippen LogP contribution in [0.15, 0.2) is 91.0 Å². The number of para-hydroxylation sites is 1. The lowest BCUT2D eigenvalue weighted by molar-refractivity contribution is 0.668. The molecule has 0 aliphatic heterocycles. The molecule has 0 N–H and O–H groups in total. The molecule has 0 fully saturated rings. The number of pyridine rings is 1. The molecular formula is C27H28N2. The van der Waals surface area contributed by atoms with Crippen LogP contribution >= 0.6 is 0 Å². The van der Waals surface area contributed by atoms with Crippen molar-refractivity contribution < 1.29 is 0 Å². The molecule has 146 valence electrons. The number of nitrogens with zero attached hydrogens (tertiary/aromatic N) is 2. The summed E-state index contributed by atoms with van der Waals surface area (Å²) in [6.45, 7) is 4.39. The molecular weight excluding hydrogens is 352 g/mol. The Kier molecular flexibility index (Phi) is 5.62. The second-order valence-corrected chi connectivity index (χ2v) is 7.97. The number of hydrogen-bond acceptors (Lipinski definition) is 2. The van der Waals surface area contributed by atoms with Gasteiger partial charge in [-0.05, 0) is 35.6 Å². The van der Waals surface area contributed by atoms with E-state index in [0.717, 1.165) is 17.6 Å². The molecule has 0 aliphatic rings. The minimum Gasteiger partial charge on any atom is -0.365 e. The van der Waals surface area contributed by atoms with Gasteiger partial charge in [0.1, 0.15) is 0 Å². The SMILES string of the molecule is CC(C)c1ccc2cccc(N(C)[C@H](Cc3ccccc3)c3ccccc3)c2n1. The maximum atomic E-state index is 5.04. The van der Waals surface area contributed by atoms with Gasteiger partial charge in [0.05, 0.1) is 17.2 Å². The maximum Gasteiger partial charge on any atom is 0.0938 e. The van der Waals surface area contributed by atoms with Crippen molar-refractivity contribution in [2.45, 2.75) is 32.2 Å². The summed E-state index contributed by atoms with van der Waals surface area (Å²) in [5.41, 5.74) is 6.04. The standard InChI is InChI=1S/C27H28N2/c1-20(2)24-18-17-23-15-10-16-25(27(23)28-24)29(3)26(22-13-8-5-9-14-22)19-21-11-6-4-7-12-21/h4-18,20,26H,19H2,1-3H3/t26-/m1/s1. The number of likely N-dealkylation sites (N-methyl/N-ethyl adjacent to an activating group) is 1. The summed E-state index contributed by atoms with van der Waals surface area (Å²) < 4.78 is 0. The molecule has 4 aromatic rings. The average Bonchev–Trinajstić information content (AvgIpc) is 2.77. The van der Waals surface area contributed by atoms with Crippen LogP contribution in [0.2, 0.25) is 0 Å². The number of fused-ring (bicyclic) bond motifs is 1. The van der Waals surface area contributed by atoms with Gasteiger partial charge in [0, 0.05) is 18.1 Å². The molecule has 0 saturated carbocycles. The van der Waals surface area contributed by atoms with Gasteiger partial charge in [-0.15, -0.1) is 0 Å². The molecule has 0 spiro atoms. The van der Waals surface area contributed by atoms with Crippen molar-refractivity contribution in [3.8, 4) is 0 Å². The lowest BCUT2D eigenvalue weighted by Crippen LogP contribution is -2.26. The van der Waals surface area contributed by atoms with E-state index in [4.69, 9.17) is 4.98 Å². The van der Waals surface area contributed by atoms with E-state index in [-0.39, 0.29) is 6.04 Å². The predicted octanol–water partition coefficient (Wildman–Crippen LogP) is 6.78. The third-order valence-corrected chi connectivity index (χ3v) is 5.62. The lowest BCUT2D eigenvalue weighted by atomic mass is 9.96. The Balaban J connectivity index is 1.80. The quantitative estimate of drug-likeness (QED) is 0.366. The van der Waals surface area contributed by atoms with E-state index in [2.05, 4.69) is 117 Å². The van der Waals surface area contributed by atoms with Crippen molar-refractivity contribution in [3.05, 3.63) is 108 Å². The molecule has 0 amide bonds. The topological polar surface area (TPSA) is 16.1 Å². The first-order chi connectivity index (χ1) is 14.1. The molecule has 1 atom stereocenters. The van der Waals surface area contributed by atoms with E-state index in [1.165, 1.54) is 22.2 Å². The van der Waals surface area contributed by atoms with Crippen LogP contribution in [0.1, 0.15) is 42.6 Å². The van der Waals surface area contributed by atoms with Crippen molar-refractivity contribution >= 4 is 16.6 Å². The molecule has 3 aromatic carbocycles. The molecule has 0 unspecified atom stereocenters. The molecule has 0 bridgehead atoms. The van der Waals surface area contributed by atoms with Crippen LogP contribution in [0.25, 0.3) is 10.9 Å². The Morgan fingerprint density at radius 2 is 1.45 bits per heavy atom. The highest BCUT2D eigenvalue weighted by Gasteiger charge is 2.20. The molecule has 2 heteroatoms. The fourth-order valence-corrected chi connectivity index (χ4v) is 3.91. The summed E-state index contributed by atoms with van der Waals surface area (Å²) in [6.07, 6.45) is 0.946. The first kappa shape index (κ1) is 19.2. The van der Waals surface area contributed by atoms with Crippen molar-refractivity contribution in [1.82, 2.24) is 4.98 Å². The minimum atomic E-state index is 0.230. The van der Waals surface area contributed by atoms with Gasteiger partial charge in [-0.1, -0.05) is 92.7 Å². The van der Waals surface area contributed by atoms with Crippen LogP contribution < -0.4 is 4.90 Å². The molecule has 0 aliphatic carbocycles. The summed E-state index contributed by atoms with van der Waals surface area (Å²) >= 11 is 0. The zero-order valence-electron chi connectivity index (χ0n) is 17.4. The van der Waals surface area contributed by atoms with Crippen molar-refractivity contribution in [1.29, 1.82) is 0 Å². The molecule has 0 saturated heterocycles. The van der Waals surface area contributed by atoms with Crippen molar-refractivity contribution in [3.63, 3.8) is 0 Å². The smallest absolute Gasteiger partial charge is 0.0938 e. The average molecular weight is 381 g/mol. The second kappa shape index (κ2) is 8.48. The zero-order chi connectivity index (χ0) is 20.2. The molecule has 4 rings (SSSR count). The summed E-state index contributed by atoms with van der Waals surface area (Å²) in [7, 11) is 2.19. The van der Waals surface area contributed by atoms with Gasteiger partial charge in [0.25, 0.3) is 0 Å². The van der Waals surface area contributed by atoms with E-state index in [0.29, 0.717) is 5.92 Å². The largest absolute Gasteiger partial charge is 0.365 e. The van der Waals surface area contributed by atoms with E-state index in [9.17, 15) is 0 Å². The number of aromatic nitrogens is 1. The highest BCUT2D eigenvalue weighted by atomic mass is 15.1. The first-order valence-electron chi connectivity index (χ1n) is 10.3. The maximum absolute atomic E-state index is 5.04. The third-order valence-electron chi connectivity index (χ3n) is 5.62. The summed E-state index contributed by atoms with van der Waals surface area (Å²) in [5, 5.41) is 1.19. The third kappa shape index (κ3) is 4.17. The van der Waals surface area contributed by atoms with Crippen LogP contribution in [0.4, 0.5) is 5.69 Å². The molecule has 0 radical (unpaired) electrons. The number of rotatable bonds is 6. The van der Waals surface area contributed by atoms with E-state index in [1.54, 1.807) is 0 Å². The van der Waals surface area contributed by atoms with Crippen LogP contribution in [0, 0.1) is 0 Å². The molecule has 1 heterocycles. The van der Waals surface area contributed by atoms with Crippen LogP contribution in [-0.2, 0) is 6.42 Å². The van der Waals surface area contributed by atoms with Gasteiger partial charge in [-0.2, -0.15) is 0 Å². The summed E-state index contributed by atoms with van der Waals surface area (Å²) in [6, 6.07) is 32.6. The number of hydrogen-bond donors (Lipinski definition) is 0. The van der Waals surface area contributed by atoms with Gasteiger partial charge in [-0.3, -0.25) is 4.98 Å². The Morgan fingerprint density at radius 3 is 2.14 bits per heavy atom. The van der Waals surface area contributed by atoms with E-state index in [1.807, 2.05) is 0 Å². The predicted molar refractivity (Wildman–Crippen MR) is 124 cm³/mol. The first-order valence-corrected chi connectivity index (χ1v) is 10.3. The van der Waals surface area contributed by atoms with Gasteiger partial charge < -0.3 is 4.90 Å². The minimum absolute atomic E-state index is 0.230. The Labute approximate surface area is 173 Å². The van der Waals surface area contributed by atoms with E-state index < -0.39 is 0 Å². The van der Waals surface area contributed by atoms with Gasteiger partial charge in [-0.25, -0.2) is 0 Å². The number of anilines is 1. The Hall–Kier alpha value is -3.13. The zero-order valence-corrected chi connectivity index (χ0v) is 17.4. The van der Waals surface area contributed by atoms with Crippen LogP contribution in [0.3, 0.4) is 0 Å². The lowest BCUT2D eigenvalue weighted by Gasteiger charge is -2.31. The van der Waals surface area contributed by atoms with Crippen LogP contribution in [0.5, 0.6) is 0 Å². The fraction of sp³-hybridized carbons (Fsp3) is 0.222. The van der Waals surface area contributed by atoms with Crippen molar-refractivity contribution in [2.24, 2.45) is 0 Å². The molecule has 29 heavy (non-hydrogen) atoms. The van der Waals surface area contributed by atoms with Gasteiger partial charge >= 0.3 is 0 Å². The summed E-state index contributed by atoms with van der Waals surface area (Å²) in [4.78, 5) is 7.43. The second-order valence-electron chi connectivity index (χ2n) is 7.97. The molecule has 2 nitrogen and oxygen atoms in total. The highest BCUT2D eigenvalue weighted by Crippen LogP contribution is 2.33. The monoisotopic (exact) mass is 380 g/mol. The van der Waals surface area contributed by atoms with Gasteiger partial charge in [0.15, 0.2) is 0 Å². The Morgan fingerprint density at radius 1 is 0.759 bits per heavy atom. The normalized spacial score (nSPS) is 12.3. The Bertz CT molecular complexity index is 1070. The van der Waals surface area contributed by atoms with Crippen LogP contribution in [-0.4, -0.2) is 12.0 Å². The fourth-order valence-electron chi connectivity index (χ4n) is 3.91.